The molecule has 2 aromatic rings. The molecule has 0 aliphatic rings. The summed E-state index contributed by atoms with van der Waals surface area (Å²) in [5.74, 6) is 0. The SMILES string of the molecule is C=Cc1ccc(Br)c2cncnc12.CC. The maximum Gasteiger partial charge on any atom is 0.116 e. The third-order valence-corrected chi connectivity index (χ3v) is 2.56. The van der Waals surface area contributed by atoms with E-state index in [0.717, 1.165) is 20.9 Å². The first-order valence-electron chi connectivity index (χ1n) is 4.83. The maximum absolute atomic E-state index is 4.20. The Labute approximate surface area is 98.2 Å². The van der Waals surface area contributed by atoms with Crippen LogP contribution in [0.15, 0.2) is 35.7 Å². The number of aromatic nitrogens is 2. The number of halogens is 1. The van der Waals surface area contributed by atoms with E-state index < -0.39 is 0 Å². The molecule has 3 heteroatoms. The predicted octanol–water partition coefficient (Wildman–Crippen LogP) is 4.06. The van der Waals surface area contributed by atoms with Gasteiger partial charge in [0.05, 0.1) is 5.52 Å². The van der Waals surface area contributed by atoms with Crippen molar-refractivity contribution in [2.24, 2.45) is 0 Å². The minimum absolute atomic E-state index is 0.930. The van der Waals surface area contributed by atoms with Gasteiger partial charge in [0.15, 0.2) is 0 Å². The first-order chi connectivity index (χ1) is 7.33. The summed E-state index contributed by atoms with van der Waals surface area (Å²) in [5.41, 5.74) is 1.96. The lowest BCUT2D eigenvalue weighted by Crippen LogP contribution is -1.85. The van der Waals surface area contributed by atoms with Crippen molar-refractivity contribution in [1.29, 1.82) is 0 Å². The van der Waals surface area contributed by atoms with Crippen LogP contribution in [-0.4, -0.2) is 9.97 Å². The molecular formula is C12H13BrN2. The maximum atomic E-state index is 4.20. The van der Waals surface area contributed by atoms with Gasteiger partial charge in [-0.25, -0.2) is 9.97 Å². The van der Waals surface area contributed by atoms with Crippen LogP contribution >= 0.6 is 15.9 Å². The average Bonchev–Trinajstić information content (AvgIpc) is 2.33. The topological polar surface area (TPSA) is 25.8 Å². The zero-order valence-electron chi connectivity index (χ0n) is 8.87. The van der Waals surface area contributed by atoms with Crippen LogP contribution in [0, 0.1) is 0 Å². The lowest BCUT2D eigenvalue weighted by Gasteiger charge is -2.01. The normalized spacial score (nSPS) is 9.27. The van der Waals surface area contributed by atoms with E-state index in [1.807, 2.05) is 26.0 Å². The summed E-state index contributed by atoms with van der Waals surface area (Å²) >= 11 is 3.45. The molecule has 2 rings (SSSR count). The molecule has 2 nitrogen and oxygen atoms in total. The first kappa shape index (κ1) is 11.9. The average molecular weight is 265 g/mol. The molecule has 1 heterocycles. The van der Waals surface area contributed by atoms with E-state index in [9.17, 15) is 0 Å². The van der Waals surface area contributed by atoms with E-state index in [-0.39, 0.29) is 0 Å². The number of fused-ring (bicyclic) bond motifs is 1. The summed E-state index contributed by atoms with van der Waals surface area (Å²) in [6, 6.07) is 3.95. The second kappa shape index (κ2) is 5.61. The van der Waals surface area contributed by atoms with Gasteiger partial charge in [0.2, 0.25) is 0 Å². The molecule has 0 radical (unpaired) electrons. The fraction of sp³-hybridized carbons (Fsp3) is 0.167. The van der Waals surface area contributed by atoms with E-state index in [1.165, 1.54) is 0 Å². The number of hydrogen-bond acceptors (Lipinski definition) is 2. The Morgan fingerprint density at radius 3 is 2.73 bits per heavy atom. The summed E-state index contributed by atoms with van der Waals surface area (Å²) in [4.78, 5) is 8.17. The lowest BCUT2D eigenvalue weighted by atomic mass is 10.1. The molecule has 0 saturated heterocycles. The molecule has 0 fully saturated rings. The largest absolute Gasteiger partial charge is 0.244 e. The van der Waals surface area contributed by atoms with Crippen molar-refractivity contribution in [2.45, 2.75) is 13.8 Å². The molecular weight excluding hydrogens is 252 g/mol. The van der Waals surface area contributed by atoms with Crippen molar-refractivity contribution in [3.8, 4) is 0 Å². The van der Waals surface area contributed by atoms with Gasteiger partial charge in [0.25, 0.3) is 0 Å². The standard InChI is InChI=1S/C10H7BrN2.C2H6/c1-2-7-3-4-9(11)8-5-12-6-13-10(7)8;1-2/h2-6H,1H2;1-2H3. The number of nitrogens with zero attached hydrogens (tertiary/aromatic N) is 2. The summed E-state index contributed by atoms with van der Waals surface area (Å²) in [5, 5.41) is 1.01. The molecule has 0 amide bonds. The smallest absolute Gasteiger partial charge is 0.116 e. The highest BCUT2D eigenvalue weighted by Crippen LogP contribution is 2.24. The fourth-order valence-electron chi connectivity index (χ4n) is 1.23. The van der Waals surface area contributed by atoms with E-state index in [0.29, 0.717) is 0 Å². The molecule has 0 unspecified atom stereocenters. The molecule has 78 valence electrons. The van der Waals surface area contributed by atoms with Gasteiger partial charge >= 0.3 is 0 Å². The Bertz CT molecular complexity index is 466. The fourth-order valence-corrected chi connectivity index (χ4v) is 1.65. The Kier molecular flexibility index (Phi) is 4.43. The number of hydrogen-bond donors (Lipinski definition) is 0. The van der Waals surface area contributed by atoms with Gasteiger partial charge in [-0.2, -0.15) is 0 Å². The van der Waals surface area contributed by atoms with Gasteiger partial charge < -0.3 is 0 Å². The zero-order valence-corrected chi connectivity index (χ0v) is 10.5. The molecule has 0 saturated carbocycles. The molecule has 0 aliphatic heterocycles. The van der Waals surface area contributed by atoms with Crippen LogP contribution in [0.2, 0.25) is 0 Å². The molecule has 1 aromatic carbocycles. The van der Waals surface area contributed by atoms with Gasteiger partial charge in [-0.15, -0.1) is 0 Å². The Morgan fingerprint density at radius 1 is 1.33 bits per heavy atom. The molecule has 0 aliphatic carbocycles. The summed E-state index contributed by atoms with van der Waals surface area (Å²) in [7, 11) is 0. The van der Waals surface area contributed by atoms with Crippen molar-refractivity contribution < 1.29 is 0 Å². The monoisotopic (exact) mass is 264 g/mol. The highest BCUT2D eigenvalue weighted by atomic mass is 79.9. The summed E-state index contributed by atoms with van der Waals surface area (Å²) in [6.07, 6.45) is 5.13. The molecule has 0 atom stereocenters. The number of benzene rings is 1. The Balaban J connectivity index is 0.000000531. The molecule has 15 heavy (non-hydrogen) atoms. The first-order valence-corrected chi connectivity index (χ1v) is 5.63. The van der Waals surface area contributed by atoms with Crippen LogP contribution < -0.4 is 0 Å². The second-order valence-electron chi connectivity index (χ2n) is 2.63. The van der Waals surface area contributed by atoms with Crippen LogP contribution in [0.5, 0.6) is 0 Å². The third-order valence-electron chi connectivity index (χ3n) is 1.87. The van der Waals surface area contributed by atoms with Crippen molar-refractivity contribution in [3.05, 3.63) is 41.3 Å². The van der Waals surface area contributed by atoms with Crippen LogP contribution in [0.1, 0.15) is 19.4 Å². The quantitative estimate of drug-likeness (QED) is 0.777. The van der Waals surface area contributed by atoms with Crippen LogP contribution in [-0.2, 0) is 0 Å². The van der Waals surface area contributed by atoms with Crippen molar-refractivity contribution in [3.63, 3.8) is 0 Å². The van der Waals surface area contributed by atoms with E-state index in [2.05, 4.69) is 32.5 Å². The minimum Gasteiger partial charge on any atom is -0.244 e. The molecule has 0 bridgehead atoms. The Morgan fingerprint density at radius 2 is 2.07 bits per heavy atom. The van der Waals surface area contributed by atoms with Crippen molar-refractivity contribution in [2.75, 3.05) is 0 Å². The zero-order chi connectivity index (χ0) is 11.3. The van der Waals surface area contributed by atoms with Gasteiger partial charge in [0.1, 0.15) is 6.33 Å². The Hall–Kier alpha value is -1.22. The summed E-state index contributed by atoms with van der Waals surface area (Å²) < 4.78 is 1.01. The minimum atomic E-state index is 0.930. The summed E-state index contributed by atoms with van der Waals surface area (Å²) in [6.45, 7) is 7.74. The van der Waals surface area contributed by atoms with Crippen LogP contribution in [0.25, 0.3) is 17.0 Å². The molecule has 0 N–H and O–H groups in total. The second-order valence-corrected chi connectivity index (χ2v) is 3.48. The lowest BCUT2D eigenvalue weighted by molar-refractivity contribution is 1.22. The van der Waals surface area contributed by atoms with Gasteiger partial charge in [0, 0.05) is 21.6 Å². The molecule has 1 aromatic heterocycles. The van der Waals surface area contributed by atoms with Crippen molar-refractivity contribution >= 4 is 32.9 Å². The van der Waals surface area contributed by atoms with Gasteiger partial charge in [-0.05, 0) is 6.07 Å². The van der Waals surface area contributed by atoms with Crippen LogP contribution in [0.4, 0.5) is 0 Å². The highest BCUT2D eigenvalue weighted by molar-refractivity contribution is 9.10. The van der Waals surface area contributed by atoms with Crippen LogP contribution in [0.3, 0.4) is 0 Å². The van der Waals surface area contributed by atoms with Crippen molar-refractivity contribution in [1.82, 2.24) is 9.97 Å². The van der Waals surface area contributed by atoms with E-state index in [4.69, 9.17) is 0 Å². The third kappa shape index (κ3) is 2.42. The number of rotatable bonds is 1. The molecule has 0 spiro atoms. The van der Waals surface area contributed by atoms with Gasteiger partial charge in [-0.3, -0.25) is 0 Å². The predicted molar refractivity (Wildman–Crippen MR) is 68.7 cm³/mol. The highest BCUT2D eigenvalue weighted by Gasteiger charge is 2.02. The van der Waals surface area contributed by atoms with E-state index >= 15 is 0 Å². The van der Waals surface area contributed by atoms with Gasteiger partial charge in [-0.1, -0.05) is 48.5 Å². The van der Waals surface area contributed by atoms with E-state index in [1.54, 1.807) is 18.6 Å².